The Hall–Kier alpha value is -1.98. The number of hydrogen-bond donors (Lipinski definition) is 2. The van der Waals surface area contributed by atoms with E-state index in [0.29, 0.717) is 19.0 Å². The molecule has 0 amide bonds. The summed E-state index contributed by atoms with van der Waals surface area (Å²) in [6.07, 6.45) is 0.811. The number of ether oxygens (including phenoxy) is 1. The fraction of sp³-hybridized carbons (Fsp3) is 0.474. The van der Waals surface area contributed by atoms with Crippen molar-refractivity contribution < 1.29 is 17.9 Å². The third kappa shape index (κ3) is 8.11. The molecule has 0 saturated heterocycles. The van der Waals surface area contributed by atoms with Crippen LogP contribution in [0, 0.1) is 19.7 Å². The minimum Gasteiger partial charge on any atom is -0.434 e. The Morgan fingerprint density at radius 3 is 2.66 bits per heavy atom. The van der Waals surface area contributed by atoms with Crippen molar-refractivity contribution >= 4 is 29.9 Å². The van der Waals surface area contributed by atoms with Crippen LogP contribution < -0.4 is 15.4 Å². The highest BCUT2D eigenvalue weighted by molar-refractivity contribution is 14.0. The number of nitrogens with one attached hydrogen (secondary N) is 2. The van der Waals surface area contributed by atoms with E-state index in [1.807, 2.05) is 31.5 Å². The first kappa shape index (κ1) is 25.1. The van der Waals surface area contributed by atoms with Crippen LogP contribution in [-0.2, 0) is 13.1 Å². The Bertz CT molecular complexity index is 798. The summed E-state index contributed by atoms with van der Waals surface area (Å²) in [5.74, 6) is -0.372. The van der Waals surface area contributed by atoms with Gasteiger partial charge in [0.15, 0.2) is 5.96 Å². The molecule has 162 valence electrons. The molecule has 0 fully saturated rings. The Labute approximate surface area is 185 Å². The number of hydrogen-bond acceptors (Lipinski definition) is 3. The molecule has 0 radical (unpaired) electrons. The summed E-state index contributed by atoms with van der Waals surface area (Å²) >= 11 is 0. The third-order valence-electron chi connectivity index (χ3n) is 3.97. The van der Waals surface area contributed by atoms with Crippen LogP contribution in [0.4, 0.5) is 13.2 Å². The van der Waals surface area contributed by atoms with E-state index in [9.17, 15) is 13.2 Å². The number of nitrogens with zero attached hydrogens (tertiary/aromatic N) is 3. The van der Waals surface area contributed by atoms with Crippen molar-refractivity contribution in [1.29, 1.82) is 0 Å². The van der Waals surface area contributed by atoms with Crippen LogP contribution in [-0.4, -0.2) is 35.4 Å². The fourth-order valence-electron chi connectivity index (χ4n) is 2.74. The van der Waals surface area contributed by atoms with Crippen molar-refractivity contribution in [3.8, 4) is 5.75 Å². The van der Waals surface area contributed by atoms with E-state index in [1.54, 1.807) is 0 Å². The Kier molecular flexibility index (Phi) is 10.8. The van der Waals surface area contributed by atoms with Gasteiger partial charge >= 0.3 is 6.61 Å². The van der Waals surface area contributed by atoms with Gasteiger partial charge in [-0.25, -0.2) is 9.38 Å². The zero-order valence-corrected chi connectivity index (χ0v) is 19.0. The molecular formula is C19H27F3IN5O. The summed E-state index contributed by atoms with van der Waals surface area (Å²) < 4.78 is 45.4. The van der Waals surface area contributed by atoms with Gasteiger partial charge in [-0.15, -0.1) is 24.0 Å². The molecule has 0 unspecified atom stereocenters. The highest BCUT2D eigenvalue weighted by Crippen LogP contribution is 2.24. The first-order valence-corrected chi connectivity index (χ1v) is 9.16. The van der Waals surface area contributed by atoms with Crippen molar-refractivity contribution in [2.24, 2.45) is 4.99 Å². The SMILES string of the molecule is CCNC(=NCc1c(F)cccc1OC(F)F)NCCCn1nc(C)cc1C.I. The quantitative estimate of drug-likeness (QED) is 0.225. The number of aromatic nitrogens is 2. The lowest BCUT2D eigenvalue weighted by Gasteiger charge is -2.13. The van der Waals surface area contributed by atoms with Crippen LogP contribution in [0.2, 0.25) is 0 Å². The topological polar surface area (TPSA) is 63.5 Å². The average molecular weight is 525 g/mol. The van der Waals surface area contributed by atoms with Gasteiger partial charge in [0.2, 0.25) is 0 Å². The minimum absolute atomic E-state index is 0. The molecule has 0 aliphatic heterocycles. The number of aryl methyl sites for hydroxylation is 3. The maximum absolute atomic E-state index is 14.0. The lowest BCUT2D eigenvalue weighted by molar-refractivity contribution is -0.0506. The van der Waals surface area contributed by atoms with Crippen molar-refractivity contribution in [2.45, 2.75) is 46.9 Å². The average Bonchev–Trinajstić information content (AvgIpc) is 2.94. The smallest absolute Gasteiger partial charge is 0.387 e. The predicted molar refractivity (Wildman–Crippen MR) is 118 cm³/mol. The van der Waals surface area contributed by atoms with E-state index in [4.69, 9.17) is 0 Å². The van der Waals surface area contributed by atoms with Gasteiger partial charge in [-0.3, -0.25) is 4.68 Å². The second kappa shape index (κ2) is 12.6. The molecule has 0 aliphatic rings. The summed E-state index contributed by atoms with van der Waals surface area (Å²) in [6, 6.07) is 5.84. The number of guanidine groups is 1. The van der Waals surface area contributed by atoms with E-state index in [0.717, 1.165) is 24.4 Å². The predicted octanol–water partition coefficient (Wildman–Crippen LogP) is 4.00. The molecule has 0 aliphatic carbocycles. The third-order valence-corrected chi connectivity index (χ3v) is 3.97. The van der Waals surface area contributed by atoms with Gasteiger partial charge in [-0.05, 0) is 45.4 Å². The largest absolute Gasteiger partial charge is 0.434 e. The summed E-state index contributed by atoms with van der Waals surface area (Å²) in [7, 11) is 0. The highest BCUT2D eigenvalue weighted by Gasteiger charge is 2.13. The van der Waals surface area contributed by atoms with Gasteiger partial charge in [0, 0.05) is 25.3 Å². The summed E-state index contributed by atoms with van der Waals surface area (Å²) in [6.45, 7) is 4.71. The molecule has 2 rings (SSSR count). The van der Waals surface area contributed by atoms with Gasteiger partial charge in [-0.1, -0.05) is 6.07 Å². The van der Waals surface area contributed by atoms with E-state index in [2.05, 4.69) is 25.5 Å². The molecule has 0 atom stereocenters. The van der Waals surface area contributed by atoms with Crippen molar-refractivity contribution in [3.63, 3.8) is 0 Å². The highest BCUT2D eigenvalue weighted by atomic mass is 127. The van der Waals surface area contributed by atoms with Crippen LogP contribution in [0.3, 0.4) is 0 Å². The van der Waals surface area contributed by atoms with Crippen LogP contribution in [0.1, 0.15) is 30.3 Å². The monoisotopic (exact) mass is 525 g/mol. The number of rotatable bonds is 9. The van der Waals surface area contributed by atoms with E-state index < -0.39 is 12.4 Å². The zero-order valence-electron chi connectivity index (χ0n) is 16.7. The lowest BCUT2D eigenvalue weighted by atomic mass is 10.2. The molecule has 1 heterocycles. The molecule has 0 saturated carbocycles. The van der Waals surface area contributed by atoms with Crippen LogP contribution in [0.15, 0.2) is 29.3 Å². The van der Waals surface area contributed by atoms with Gasteiger partial charge < -0.3 is 15.4 Å². The van der Waals surface area contributed by atoms with Gasteiger partial charge in [0.1, 0.15) is 11.6 Å². The molecule has 1 aromatic carbocycles. The molecule has 29 heavy (non-hydrogen) atoms. The molecule has 0 bridgehead atoms. The summed E-state index contributed by atoms with van der Waals surface area (Å²) in [4.78, 5) is 4.29. The molecule has 10 heteroatoms. The zero-order chi connectivity index (χ0) is 20.5. The number of benzene rings is 1. The van der Waals surface area contributed by atoms with Gasteiger partial charge in [0.25, 0.3) is 0 Å². The minimum atomic E-state index is -3.02. The second-order valence-electron chi connectivity index (χ2n) is 6.22. The maximum atomic E-state index is 14.0. The van der Waals surface area contributed by atoms with E-state index in [-0.39, 0.29) is 41.8 Å². The first-order chi connectivity index (χ1) is 13.4. The van der Waals surface area contributed by atoms with E-state index in [1.165, 1.54) is 18.2 Å². The second-order valence-corrected chi connectivity index (χ2v) is 6.22. The molecule has 2 N–H and O–H groups in total. The summed E-state index contributed by atoms with van der Waals surface area (Å²) in [5, 5.41) is 10.6. The van der Waals surface area contributed by atoms with Gasteiger partial charge in [-0.2, -0.15) is 13.9 Å². The molecule has 2 aromatic rings. The Morgan fingerprint density at radius 1 is 1.28 bits per heavy atom. The normalized spacial score (nSPS) is 11.3. The molecule has 0 spiro atoms. The summed E-state index contributed by atoms with van der Waals surface area (Å²) in [5.41, 5.74) is 2.07. The van der Waals surface area contributed by atoms with Crippen LogP contribution in [0.25, 0.3) is 0 Å². The standard InChI is InChI=1S/C19H26F3N5O.HI/c1-4-23-19(24-9-6-10-27-14(3)11-13(2)26-27)25-12-15-16(20)7-5-8-17(15)28-18(21)22;/h5,7-8,11,18H,4,6,9-10,12H2,1-3H3,(H2,23,24,25);1H. The molecule has 1 aromatic heterocycles. The van der Waals surface area contributed by atoms with Crippen molar-refractivity contribution in [1.82, 2.24) is 20.4 Å². The number of alkyl halides is 2. The van der Waals surface area contributed by atoms with Crippen LogP contribution >= 0.6 is 24.0 Å². The molecule has 6 nitrogen and oxygen atoms in total. The number of halogens is 4. The first-order valence-electron chi connectivity index (χ1n) is 9.16. The fourth-order valence-corrected chi connectivity index (χ4v) is 2.74. The van der Waals surface area contributed by atoms with Crippen LogP contribution in [0.5, 0.6) is 5.75 Å². The van der Waals surface area contributed by atoms with Crippen molar-refractivity contribution in [2.75, 3.05) is 13.1 Å². The maximum Gasteiger partial charge on any atom is 0.387 e. The van der Waals surface area contributed by atoms with Crippen molar-refractivity contribution in [3.05, 3.63) is 47.0 Å². The Balaban J connectivity index is 0.00000420. The van der Waals surface area contributed by atoms with E-state index >= 15 is 0 Å². The Morgan fingerprint density at radius 2 is 2.03 bits per heavy atom. The number of aliphatic imine (C=N–C) groups is 1. The molecular weight excluding hydrogens is 498 g/mol. The van der Waals surface area contributed by atoms with Gasteiger partial charge in [0.05, 0.1) is 17.8 Å². The lowest BCUT2D eigenvalue weighted by Crippen LogP contribution is -2.38.